The standard InChI is InChI=1S/C50H31NO2/c1-2-9-33(10-3-1)41-14-8-15-43-45-29-36(22-27-49(45)53-50(41)43)32-19-23-37(24-20-32)51(39-26-28-48-46(31-39)42-13-6-7-16-47(42)52-48)38-25-21-35-18-17-34-11-4-5-12-40(34)44(35)30-38/h1-31H. The summed E-state index contributed by atoms with van der Waals surface area (Å²) in [6.45, 7) is 0. The molecule has 9 aromatic carbocycles. The van der Waals surface area contributed by atoms with E-state index in [-0.39, 0.29) is 0 Å². The molecule has 11 rings (SSSR count). The Kier molecular flexibility index (Phi) is 6.55. The highest BCUT2D eigenvalue weighted by Crippen LogP contribution is 2.42. The van der Waals surface area contributed by atoms with Gasteiger partial charge in [0.1, 0.15) is 22.3 Å². The fourth-order valence-corrected chi connectivity index (χ4v) is 8.06. The van der Waals surface area contributed by atoms with Gasteiger partial charge in [0.2, 0.25) is 0 Å². The molecule has 0 aliphatic carbocycles. The van der Waals surface area contributed by atoms with Crippen molar-refractivity contribution in [3.63, 3.8) is 0 Å². The maximum absolute atomic E-state index is 6.47. The normalized spacial score (nSPS) is 11.8. The molecule has 0 N–H and O–H groups in total. The molecule has 3 heteroatoms. The lowest BCUT2D eigenvalue weighted by molar-refractivity contribution is 0.669. The SMILES string of the molecule is c1ccc(-c2cccc3c2oc2ccc(-c4ccc(N(c5ccc6ccc7ccccc7c6c5)c5ccc6oc7ccccc7c6c5)cc4)cc23)cc1. The number of anilines is 3. The third kappa shape index (κ3) is 4.82. The van der Waals surface area contributed by atoms with Crippen LogP contribution in [0.3, 0.4) is 0 Å². The lowest BCUT2D eigenvalue weighted by Gasteiger charge is -2.26. The highest BCUT2D eigenvalue weighted by molar-refractivity contribution is 6.12. The Morgan fingerprint density at radius 2 is 0.887 bits per heavy atom. The molecular weight excluding hydrogens is 647 g/mol. The van der Waals surface area contributed by atoms with Gasteiger partial charge in [-0.15, -0.1) is 0 Å². The van der Waals surface area contributed by atoms with Crippen molar-refractivity contribution in [2.45, 2.75) is 0 Å². The molecule has 0 unspecified atom stereocenters. The second-order valence-electron chi connectivity index (χ2n) is 13.7. The first-order chi connectivity index (χ1) is 26.2. The molecule has 0 saturated carbocycles. The van der Waals surface area contributed by atoms with Crippen molar-refractivity contribution in [3.05, 3.63) is 188 Å². The third-order valence-electron chi connectivity index (χ3n) is 10.6. The first kappa shape index (κ1) is 29.6. The van der Waals surface area contributed by atoms with Crippen LogP contribution in [-0.2, 0) is 0 Å². The molecule has 0 amide bonds. The van der Waals surface area contributed by atoms with Gasteiger partial charge in [-0.05, 0) is 98.9 Å². The van der Waals surface area contributed by atoms with Gasteiger partial charge in [-0.2, -0.15) is 0 Å². The van der Waals surface area contributed by atoms with Crippen molar-refractivity contribution in [2.24, 2.45) is 0 Å². The Labute approximate surface area is 305 Å². The van der Waals surface area contributed by atoms with Gasteiger partial charge in [-0.25, -0.2) is 0 Å². The number of rotatable bonds is 5. The summed E-state index contributed by atoms with van der Waals surface area (Å²) in [5, 5.41) is 9.38. The molecule has 0 aliphatic rings. The second-order valence-corrected chi connectivity index (χ2v) is 13.7. The van der Waals surface area contributed by atoms with Gasteiger partial charge in [-0.3, -0.25) is 0 Å². The van der Waals surface area contributed by atoms with Crippen molar-refractivity contribution in [1.82, 2.24) is 0 Å². The van der Waals surface area contributed by atoms with E-state index >= 15 is 0 Å². The van der Waals surface area contributed by atoms with Crippen molar-refractivity contribution in [3.8, 4) is 22.3 Å². The molecule has 0 atom stereocenters. The quantitative estimate of drug-likeness (QED) is 0.170. The molecular formula is C50H31NO2. The van der Waals surface area contributed by atoms with Gasteiger partial charge >= 0.3 is 0 Å². The first-order valence-electron chi connectivity index (χ1n) is 18.0. The van der Waals surface area contributed by atoms with Crippen LogP contribution in [0.25, 0.3) is 87.7 Å². The minimum Gasteiger partial charge on any atom is -0.456 e. The van der Waals surface area contributed by atoms with E-state index in [9.17, 15) is 0 Å². The molecule has 53 heavy (non-hydrogen) atoms. The van der Waals surface area contributed by atoms with Crippen LogP contribution in [0.15, 0.2) is 197 Å². The van der Waals surface area contributed by atoms with Crippen LogP contribution < -0.4 is 4.90 Å². The van der Waals surface area contributed by atoms with Crippen molar-refractivity contribution < 1.29 is 8.83 Å². The van der Waals surface area contributed by atoms with Crippen molar-refractivity contribution in [1.29, 1.82) is 0 Å². The molecule has 0 fully saturated rings. The van der Waals surface area contributed by atoms with E-state index in [0.29, 0.717) is 0 Å². The molecule has 11 aromatic rings. The van der Waals surface area contributed by atoms with Crippen LogP contribution in [0.5, 0.6) is 0 Å². The number of para-hydroxylation sites is 2. The molecule has 248 valence electrons. The molecule has 2 heterocycles. The van der Waals surface area contributed by atoms with Crippen LogP contribution in [-0.4, -0.2) is 0 Å². The smallest absolute Gasteiger partial charge is 0.143 e. The lowest BCUT2D eigenvalue weighted by atomic mass is 9.99. The Hall–Kier alpha value is -7.10. The number of furan rings is 2. The number of fused-ring (bicyclic) bond motifs is 9. The summed E-state index contributed by atoms with van der Waals surface area (Å²) >= 11 is 0. The fraction of sp³-hybridized carbons (Fsp3) is 0. The maximum Gasteiger partial charge on any atom is 0.143 e. The number of hydrogen-bond acceptors (Lipinski definition) is 3. The number of benzene rings is 9. The zero-order valence-electron chi connectivity index (χ0n) is 28.7. The highest BCUT2D eigenvalue weighted by Gasteiger charge is 2.18. The number of nitrogens with zero attached hydrogens (tertiary/aromatic N) is 1. The van der Waals surface area contributed by atoms with E-state index in [2.05, 4.69) is 175 Å². The van der Waals surface area contributed by atoms with Crippen LogP contribution >= 0.6 is 0 Å². The van der Waals surface area contributed by atoms with Gasteiger partial charge in [0, 0.05) is 44.2 Å². The molecule has 0 saturated heterocycles. The highest BCUT2D eigenvalue weighted by atomic mass is 16.3. The van der Waals surface area contributed by atoms with Crippen LogP contribution in [0.2, 0.25) is 0 Å². The summed E-state index contributed by atoms with van der Waals surface area (Å²) < 4.78 is 12.7. The minimum atomic E-state index is 0.882. The molecule has 0 radical (unpaired) electrons. The van der Waals surface area contributed by atoms with E-state index in [0.717, 1.165) is 83.2 Å². The topological polar surface area (TPSA) is 29.5 Å². The summed E-state index contributed by atoms with van der Waals surface area (Å²) in [6, 6.07) is 66.9. The molecule has 3 nitrogen and oxygen atoms in total. The minimum absolute atomic E-state index is 0.882. The predicted octanol–water partition coefficient (Wildman–Crippen LogP) is 14.6. The maximum atomic E-state index is 6.47. The van der Waals surface area contributed by atoms with Crippen molar-refractivity contribution in [2.75, 3.05) is 4.90 Å². The van der Waals surface area contributed by atoms with Crippen LogP contribution in [0.1, 0.15) is 0 Å². The van der Waals surface area contributed by atoms with E-state index in [1.54, 1.807) is 0 Å². The zero-order chi connectivity index (χ0) is 34.9. The van der Waals surface area contributed by atoms with E-state index in [4.69, 9.17) is 8.83 Å². The summed E-state index contributed by atoms with van der Waals surface area (Å²) in [6.07, 6.45) is 0. The third-order valence-corrected chi connectivity index (χ3v) is 10.6. The lowest BCUT2D eigenvalue weighted by Crippen LogP contribution is -2.09. The first-order valence-corrected chi connectivity index (χ1v) is 18.0. The van der Waals surface area contributed by atoms with Gasteiger partial charge in [0.25, 0.3) is 0 Å². The number of hydrogen-bond donors (Lipinski definition) is 0. The van der Waals surface area contributed by atoms with Crippen LogP contribution in [0.4, 0.5) is 17.1 Å². The van der Waals surface area contributed by atoms with E-state index < -0.39 is 0 Å². The monoisotopic (exact) mass is 677 g/mol. The average Bonchev–Trinajstić information content (AvgIpc) is 3.79. The summed E-state index contributed by atoms with van der Waals surface area (Å²) in [4.78, 5) is 2.35. The Balaban J connectivity index is 1.04. The fourth-order valence-electron chi connectivity index (χ4n) is 8.06. The molecule has 0 aliphatic heterocycles. The van der Waals surface area contributed by atoms with E-state index in [1.165, 1.54) is 21.5 Å². The molecule has 0 bridgehead atoms. The average molecular weight is 678 g/mol. The molecule has 2 aromatic heterocycles. The second kappa shape index (κ2) is 11.7. The predicted molar refractivity (Wildman–Crippen MR) is 222 cm³/mol. The summed E-state index contributed by atoms with van der Waals surface area (Å²) in [5.41, 5.74) is 11.4. The van der Waals surface area contributed by atoms with Gasteiger partial charge in [0.15, 0.2) is 0 Å². The van der Waals surface area contributed by atoms with Gasteiger partial charge < -0.3 is 13.7 Å². The summed E-state index contributed by atoms with van der Waals surface area (Å²) in [5.74, 6) is 0. The molecule has 0 spiro atoms. The summed E-state index contributed by atoms with van der Waals surface area (Å²) in [7, 11) is 0. The Morgan fingerprint density at radius 1 is 0.302 bits per heavy atom. The Morgan fingerprint density at radius 3 is 1.75 bits per heavy atom. The van der Waals surface area contributed by atoms with Gasteiger partial charge in [-0.1, -0.05) is 127 Å². The Bertz CT molecular complexity index is 3170. The zero-order valence-corrected chi connectivity index (χ0v) is 28.7. The van der Waals surface area contributed by atoms with E-state index in [1.807, 2.05) is 18.2 Å². The van der Waals surface area contributed by atoms with Gasteiger partial charge in [0.05, 0.1) is 0 Å². The van der Waals surface area contributed by atoms with Crippen LogP contribution in [0, 0.1) is 0 Å². The van der Waals surface area contributed by atoms with Crippen molar-refractivity contribution >= 4 is 82.5 Å². The largest absolute Gasteiger partial charge is 0.456 e.